The largest absolute Gasteiger partial charge is 0.448 e. The number of hydrogen-bond acceptors (Lipinski definition) is 6. The average Bonchev–Trinajstić information content (AvgIpc) is 3.09. The molecular weight excluding hydrogens is 691 g/mol. The molecule has 0 amide bonds. The van der Waals surface area contributed by atoms with E-state index in [9.17, 15) is 22.8 Å². The molecule has 3 aromatic carbocycles. The van der Waals surface area contributed by atoms with Gasteiger partial charge in [0, 0.05) is 25.6 Å². The first-order chi connectivity index (χ1) is 24.4. The van der Waals surface area contributed by atoms with Crippen molar-refractivity contribution in [2.75, 3.05) is 5.75 Å². The second-order valence-electron chi connectivity index (χ2n) is 17.3. The number of carbonyl (C=O) groups excluding carboxylic acids is 1. The minimum atomic E-state index is -4.86. The molecule has 8 aliphatic carbocycles. The Morgan fingerprint density at radius 1 is 0.725 bits per heavy atom. The van der Waals surface area contributed by atoms with Crippen LogP contribution in [0.1, 0.15) is 82.6 Å². The Morgan fingerprint density at radius 2 is 1.24 bits per heavy atom. The number of halogens is 2. The standard InChI is InChI=1S/C41H46F2O6S2/c42-49-50(46,47)25-37(44)48-38(40-21-30-17-31(22-40)24-41(45,23-30)26-40)51(43,35-4-2-1-3-5-35)36-12-8-33(9-13-36)32-6-10-34(11-7-32)39-18-27-14-28(19-39)16-29(15-27)20-39/h1-13,27-31,38,45H,14-26H2. The lowest BCUT2D eigenvalue weighted by atomic mass is 9.48. The highest BCUT2D eigenvalue weighted by Gasteiger charge is 2.65. The summed E-state index contributed by atoms with van der Waals surface area (Å²) in [5.74, 6) is 0.210. The molecule has 0 aliphatic heterocycles. The molecule has 4 unspecified atom stereocenters. The summed E-state index contributed by atoms with van der Waals surface area (Å²) in [7, 11) is -8.56. The molecular formula is C41H46F2O6S2. The molecule has 0 saturated heterocycles. The van der Waals surface area contributed by atoms with Gasteiger partial charge in [-0.1, -0.05) is 59.0 Å². The maximum atomic E-state index is 18.8. The van der Waals surface area contributed by atoms with E-state index in [4.69, 9.17) is 4.74 Å². The normalized spacial score (nSPS) is 37.1. The third-order valence-corrected chi connectivity index (χ3v) is 17.5. The fourth-order valence-electron chi connectivity index (χ4n) is 12.7. The third-order valence-electron chi connectivity index (χ3n) is 13.7. The van der Waals surface area contributed by atoms with E-state index in [2.05, 4.69) is 28.7 Å². The molecule has 11 rings (SSSR count). The van der Waals surface area contributed by atoms with Gasteiger partial charge in [-0.05, 0) is 158 Å². The first kappa shape index (κ1) is 34.0. The van der Waals surface area contributed by atoms with Crippen LogP contribution in [0.3, 0.4) is 0 Å². The average molecular weight is 737 g/mol. The lowest BCUT2D eigenvalue weighted by Crippen LogP contribution is -2.60. The summed E-state index contributed by atoms with van der Waals surface area (Å²) in [6.45, 7) is 0. The highest BCUT2D eigenvalue weighted by molar-refractivity contribution is 8.30. The van der Waals surface area contributed by atoms with Crippen LogP contribution in [0, 0.1) is 35.0 Å². The monoisotopic (exact) mass is 736 g/mol. The summed E-state index contributed by atoms with van der Waals surface area (Å²) in [4.78, 5) is 14.0. The van der Waals surface area contributed by atoms with Gasteiger partial charge in [-0.3, -0.25) is 4.79 Å². The molecule has 51 heavy (non-hydrogen) atoms. The van der Waals surface area contributed by atoms with Crippen LogP contribution in [-0.2, 0) is 29.5 Å². The summed E-state index contributed by atoms with van der Waals surface area (Å²) < 4.78 is 64.8. The number of ether oxygens (including phenoxy) is 1. The van der Waals surface area contributed by atoms with Crippen LogP contribution in [0.5, 0.6) is 0 Å². The lowest BCUT2D eigenvalue weighted by molar-refractivity contribution is -0.193. The molecule has 272 valence electrons. The van der Waals surface area contributed by atoms with Crippen molar-refractivity contribution in [2.24, 2.45) is 35.0 Å². The Labute approximate surface area is 301 Å². The molecule has 8 aliphatic rings. The van der Waals surface area contributed by atoms with E-state index >= 15 is 3.89 Å². The van der Waals surface area contributed by atoms with Crippen LogP contribution >= 0.6 is 10.4 Å². The van der Waals surface area contributed by atoms with E-state index < -0.39 is 48.7 Å². The van der Waals surface area contributed by atoms with Crippen LogP contribution in [0.4, 0.5) is 8.41 Å². The van der Waals surface area contributed by atoms with Gasteiger partial charge in [-0.15, -0.1) is 0 Å². The molecule has 4 atom stereocenters. The van der Waals surface area contributed by atoms with E-state index in [0.29, 0.717) is 40.9 Å². The van der Waals surface area contributed by atoms with Crippen molar-refractivity contribution in [1.29, 1.82) is 0 Å². The molecule has 8 bridgehead atoms. The van der Waals surface area contributed by atoms with E-state index in [1.54, 1.807) is 42.5 Å². The zero-order chi connectivity index (χ0) is 35.2. The van der Waals surface area contributed by atoms with Crippen molar-refractivity contribution >= 4 is 26.5 Å². The van der Waals surface area contributed by atoms with E-state index in [1.807, 2.05) is 12.1 Å². The first-order valence-electron chi connectivity index (χ1n) is 18.6. The maximum absolute atomic E-state index is 18.8. The predicted molar refractivity (Wildman–Crippen MR) is 191 cm³/mol. The Morgan fingerprint density at radius 3 is 1.76 bits per heavy atom. The van der Waals surface area contributed by atoms with Crippen LogP contribution in [-0.4, -0.2) is 36.3 Å². The number of hydrogen-bond donors (Lipinski definition) is 1. The fraction of sp³-hybridized carbons (Fsp3) is 0.537. The van der Waals surface area contributed by atoms with Gasteiger partial charge in [0.05, 0.1) is 5.60 Å². The first-order valence-corrected chi connectivity index (χ1v) is 21.8. The molecule has 10 heteroatoms. The topological polar surface area (TPSA) is 89.9 Å². The van der Waals surface area contributed by atoms with Gasteiger partial charge in [0.25, 0.3) is 0 Å². The second-order valence-corrected chi connectivity index (χ2v) is 21.4. The fourth-order valence-corrected chi connectivity index (χ4v) is 16.2. The van der Waals surface area contributed by atoms with Crippen molar-refractivity contribution in [3.05, 3.63) is 84.4 Å². The highest BCUT2D eigenvalue weighted by atomic mass is 32.3. The molecule has 8 saturated carbocycles. The quantitative estimate of drug-likeness (QED) is 0.209. The van der Waals surface area contributed by atoms with Gasteiger partial charge < -0.3 is 9.84 Å². The van der Waals surface area contributed by atoms with Crippen molar-refractivity contribution in [3.63, 3.8) is 0 Å². The van der Waals surface area contributed by atoms with E-state index in [-0.39, 0.29) is 18.3 Å². The summed E-state index contributed by atoms with van der Waals surface area (Å²) >= 11 is 0. The molecule has 0 heterocycles. The van der Waals surface area contributed by atoms with Gasteiger partial charge in [-0.2, -0.15) is 12.3 Å². The summed E-state index contributed by atoms with van der Waals surface area (Å²) in [6.07, 6.45) is 11.6. The van der Waals surface area contributed by atoms with Crippen LogP contribution < -0.4 is 0 Å². The smallest absolute Gasteiger partial charge is 0.324 e. The number of carbonyl (C=O) groups is 1. The van der Waals surface area contributed by atoms with Crippen LogP contribution in [0.15, 0.2) is 88.7 Å². The minimum absolute atomic E-state index is 0.138. The van der Waals surface area contributed by atoms with Crippen molar-refractivity contribution < 1.29 is 35.9 Å². The molecule has 1 N–H and O–H groups in total. The van der Waals surface area contributed by atoms with Crippen molar-refractivity contribution in [2.45, 2.75) is 103 Å². The van der Waals surface area contributed by atoms with Crippen molar-refractivity contribution in [1.82, 2.24) is 0 Å². The third kappa shape index (κ3) is 5.87. The van der Waals surface area contributed by atoms with Gasteiger partial charge in [0.1, 0.15) is 0 Å². The molecule has 0 spiro atoms. The molecule has 0 aromatic heterocycles. The van der Waals surface area contributed by atoms with E-state index in [0.717, 1.165) is 35.3 Å². The van der Waals surface area contributed by atoms with E-state index in [1.165, 1.54) is 44.1 Å². The Balaban J connectivity index is 1.08. The van der Waals surface area contributed by atoms with Crippen LogP contribution in [0.25, 0.3) is 11.1 Å². The van der Waals surface area contributed by atoms with Gasteiger partial charge in [0.15, 0.2) is 11.2 Å². The minimum Gasteiger partial charge on any atom is -0.448 e. The number of rotatable bonds is 10. The summed E-state index contributed by atoms with van der Waals surface area (Å²) in [6, 6.07) is 25.0. The number of esters is 1. The van der Waals surface area contributed by atoms with Gasteiger partial charge >= 0.3 is 16.1 Å². The Hall–Kier alpha value is -2.79. The zero-order valence-corrected chi connectivity index (χ0v) is 30.4. The van der Waals surface area contributed by atoms with Gasteiger partial charge in [-0.25, -0.2) is 0 Å². The summed E-state index contributed by atoms with van der Waals surface area (Å²) in [5, 5.41) is 11.7. The molecule has 3 aromatic rings. The SMILES string of the molecule is O=C(CS(=O)(=O)OF)OC(C12CC3CC(CC(O)(C3)C1)C2)S(F)(c1ccccc1)c1ccc(-c2ccc(C34CC5CC(CC(C5)C3)C4)cc2)cc1. The number of benzene rings is 3. The molecule has 6 nitrogen and oxygen atoms in total. The maximum Gasteiger partial charge on any atom is 0.324 e. The highest BCUT2D eigenvalue weighted by Crippen LogP contribution is 2.76. The van der Waals surface area contributed by atoms with Crippen LogP contribution in [0.2, 0.25) is 0 Å². The number of aliphatic hydroxyl groups is 1. The zero-order valence-electron chi connectivity index (χ0n) is 28.7. The predicted octanol–water partition coefficient (Wildman–Crippen LogP) is 9.36. The Bertz CT molecular complexity index is 1870. The van der Waals surface area contributed by atoms with Gasteiger partial charge in [0.2, 0.25) is 0 Å². The molecule has 8 fully saturated rings. The molecule has 0 radical (unpaired) electrons. The Kier molecular flexibility index (Phi) is 8.08. The summed E-state index contributed by atoms with van der Waals surface area (Å²) in [5.41, 5.74) is 0.382. The van der Waals surface area contributed by atoms with Crippen molar-refractivity contribution in [3.8, 4) is 11.1 Å². The lowest BCUT2D eigenvalue weighted by Gasteiger charge is -2.63. The second kappa shape index (κ2) is 12.1.